The van der Waals surface area contributed by atoms with Crippen LogP contribution in [0, 0.1) is 0 Å². The summed E-state index contributed by atoms with van der Waals surface area (Å²) < 4.78 is 38.7. The van der Waals surface area contributed by atoms with Crippen LogP contribution in [-0.4, -0.2) is 15.2 Å². The topological polar surface area (TPSA) is 33.2 Å². The number of thioether (sulfide) groups is 1. The van der Waals surface area contributed by atoms with Gasteiger partial charge in [0.15, 0.2) is 4.32 Å². The molecule has 2 aromatic rings. The van der Waals surface area contributed by atoms with Gasteiger partial charge >= 0.3 is 6.18 Å². The second kappa shape index (κ2) is 6.37. The van der Waals surface area contributed by atoms with Gasteiger partial charge in [-0.05, 0) is 35.9 Å². The molecule has 122 valence electrons. The average molecular weight is 366 g/mol. The number of benzene rings is 1. The number of halogens is 3. The molecule has 3 nitrogen and oxygen atoms in total. The predicted molar refractivity (Wildman–Crippen MR) is 91.3 cm³/mol. The molecule has 0 aliphatic carbocycles. The van der Waals surface area contributed by atoms with Crippen molar-refractivity contribution in [3.63, 3.8) is 0 Å². The Kier molecular flexibility index (Phi) is 4.42. The van der Waals surface area contributed by atoms with Crippen molar-refractivity contribution in [2.75, 3.05) is 4.90 Å². The lowest BCUT2D eigenvalue weighted by Crippen LogP contribution is -2.27. The number of rotatable bonds is 2. The molecule has 1 aliphatic rings. The summed E-state index contributed by atoms with van der Waals surface area (Å²) in [5.41, 5.74) is -0.0192. The van der Waals surface area contributed by atoms with E-state index in [2.05, 4.69) is 4.98 Å². The predicted octanol–water partition coefficient (Wildman–Crippen LogP) is 4.51. The van der Waals surface area contributed by atoms with E-state index in [-0.39, 0.29) is 10.0 Å². The van der Waals surface area contributed by atoms with E-state index >= 15 is 0 Å². The fraction of sp³-hybridized carbons (Fsp3) is 0.0625. The highest BCUT2D eigenvalue weighted by atomic mass is 32.2. The molecule has 1 amide bonds. The monoisotopic (exact) mass is 366 g/mol. The van der Waals surface area contributed by atoms with Crippen molar-refractivity contribution in [1.82, 2.24) is 4.98 Å². The third-order valence-electron chi connectivity index (χ3n) is 3.21. The van der Waals surface area contributed by atoms with E-state index < -0.39 is 17.6 Å². The zero-order valence-electron chi connectivity index (χ0n) is 11.9. The van der Waals surface area contributed by atoms with Crippen LogP contribution in [0.1, 0.15) is 11.1 Å². The Balaban J connectivity index is 1.94. The summed E-state index contributed by atoms with van der Waals surface area (Å²) in [6.45, 7) is 0. The number of amides is 1. The standard InChI is InChI=1S/C16H9F3N2OS2/c17-16(18,19)11-4-1-5-12(8-11)21-14(22)13(24-15(21)23)7-10-3-2-6-20-9-10/h1-9H/b13-7+. The minimum absolute atomic E-state index is 0.0990. The van der Waals surface area contributed by atoms with Crippen molar-refractivity contribution in [2.24, 2.45) is 0 Å². The fourth-order valence-corrected chi connectivity index (χ4v) is 3.42. The summed E-state index contributed by atoms with van der Waals surface area (Å²) in [5.74, 6) is -0.451. The summed E-state index contributed by atoms with van der Waals surface area (Å²) in [7, 11) is 0. The van der Waals surface area contributed by atoms with Gasteiger partial charge in [0.1, 0.15) is 0 Å². The molecule has 0 bridgehead atoms. The molecule has 0 N–H and O–H groups in total. The SMILES string of the molecule is O=C1/C(=C\c2cccnc2)SC(=S)N1c1cccc(C(F)(F)F)c1. The van der Waals surface area contributed by atoms with Crippen LogP contribution in [-0.2, 0) is 11.0 Å². The van der Waals surface area contributed by atoms with Gasteiger partial charge in [0.2, 0.25) is 0 Å². The van der Waals surface area contributed by atoms with Gasteiger partial charge < -0.3 is 0 Å². The Morgan fingerprint density at radius 2 is 2.00 bits per heavy atom. The average Bonchev–Trinajstić information content (AvgIpc) is 2.82. The molecule has 1 aromatic heterocycles. The maximum atomic E-state index is 12.9. The smallest absolute Gasteiger partial charge is 0.268 e. The Hall–Kier alpha value is -2.19. The fourth-order valence-electron chi connectivity index (χ4n) is 2.12. The van der Waals surface area contributed by atoms with Crippen LogP contribution in [0.4, 0.5) is 18.9 Å². The highest BCUT2D eigenvalue weighted by Crippen LogP contribution is 2.38. The molecule has 8 heteroatoms. The molecule has 0 spiro atoms. The molecule has 1 aromatic carbocycles. The first-order valence-electron chi connectivity index (χ1n) is 6.71. The van der Waals surface area contributed by atoms with Crippen molar-refractivity contribution in [3.05, 3.63) is 64.8 Å². The first-order chi connectivity index (χ1) is 11.4. The van der Waals surface area contributed by atoms with Crippen LogP contribution in [0.2, 0.25) is 0 Å². The van der Waals surface area contributed by atoms with Crippen molar-refractivity contribution in [1.29, 1.82) is 0 Å². The highest BCUT2D eigenvalue weighted by Gasteiger charge is 2.36. The minimum Gasteiger partial charge on any atom is -0.268 e. The lowest BCUT2D eigenvalue weighted by molar-refractivity contribution is -0.137. The lowest BCUT2D eigenvalue weighted by atomic mass is 10.2. The van der Waals surface area contributed by atoms with Crippen LogP contribution in [0.3, 0.4) is 0 Å². The number of alkyl halides is 3. The molecule has 2 heterocycles. The molecule has 0 atom stereocenters. The quantitative estimate of drug-likeness (QED) is 0.579. The van der Waals surface area contributed by atoms with Crippen molar-refractivity contribution in [2.45, 2.75) is 6.18 Å². The number of carbonyl (C=O) groups excluding carboxylic acids is 1. The normalized spacial score (nSPS) is 17.0. The summed E-state index contributed by atoms with van der Waals surface area (Å²) in [5, 5.41) is 0. The van der Waals surface area contributed by atoms with E-state index in [1.807, 2.05) is 0 Å². The van der Waals surface area contributed by atoms with Crippen LogP contribution >= 0.6 is 24.0 Å². The second-order valence-corrected chi connectivity index (χ2v) is 6.53. The number of aromatic nitrogens is 1. The third kappa shape index (κ3) is 3.34. The van der Waals surface area contributed by atoms with Gasteiger partial charge in [-0.3, -0.25) is 14.7 Å². The molecule has 1 saturated heterocycles. The molecular formula is C16H9F3N2OS2. The summed E-state index contributed by atoms with van der Waals surface area (Å²) in [6.07, 6.45) is 0.309. The zero-order valence-corrected chi connectivity index (χ0v) is 13.6. The number of hydrogen-bond acceptors (Lipinski definition) is 4. The van der Waals surface area contributed by atoms with Crippen molar-refractivity contribution < 1.29 is 18.0 Å². The number of pyridine rings is 1. The number of hydrogen-bond donors (Lipinski definition) is 0. The maximum Gasteiger partial charge on any atom is 0.416 e. The molecule has 24 heavy (non-hydrogen) atoms. The van der Waals surface area contributed by atoms with Gasteiger partial charge in [0, 0.05) is 12.4 Å². The van der Waals surface area contributed by atoms with Crippen LogP contribution in [0.5, 0.6) is 0 Å². The van der Waals surface area contributed by atoms with E-state index in [0.29, 0.717) is 10.5 Å². The Bertz CT molecular complexity index is 835. The summed E-state index contributed by atoms with van der Waals surface area (Å²) >= 11 is 6.20. The van der Waals surface area contributed by atoms with Crippen LogP contribution in [0.15, 0.2) is 53.7 Å². The molecule has 0 saturated carbocycles. The van der Waals surface area contributed by atoms with Crippen LogP contribution in [0.25, 0.3) is 6.08 Å². The van der Waals surface area contributed by atoms with Gasteiger partial charge in [-0.1, -0.05) is 36.1 Å². The largest absolute Gasteiger partial charge is 0.416 e. The lowest BCUT2D eigenvalue weighted by Gasteiger charge is -2.16. The van der Waals surface area contributed by atoms with E-state index in [1.165, 1.54) is 12.1 Å². The van der Waals surface area contributed by atoms with Gasteiger partial charge in [0.05, 0.1) is 16.2 Å². The number of anilines is 1. The van der Waals surface area contributed by atoms with E-state index in [1.54, 1.807) is 30.6 Å². The first kappa shape index (κ1) is 16.7. The molecule has 0 radical (unpaired) electrons. The number of nitrogens with zero attached hydrogens (tertiary/aromatic N) is 2. The molecule has 3 rings (SSSR count). The highest BCUT2D eigenvalue weighted by molar-refractivity contribution is 8.27. The Labute approximate surface area is 145 Å². The molecule has 0 unspecified atom stereocenters. The van der Waals surface area contributed by atoms with Gasteiger partial charge in [-0.25, -0.2) is 0 Å². The van der Waals surface area contributed by atoms with E-state index in [0.717, 1.165) is 28.8 Å². The Morgan fingerprint density at radius 1 is 1.21 bits per heavy atom. The minimum atomic E-state index is -4.48. The maximum absolute atomic E-state index is 12.9. The zero-order chi connectivity index (χ0) is 17.3. The van der Waals surface area contributed by atoms with Crippen molar-refractivity contribution in [3.8, 4) is 0 Å². The van der Waals surface area contributed by atoms with Gasteiger partial charge in [-0.2, -0.15) is 13.2 Å². The Morgan fingerprint density at radius 3 is 2.67 bits per heavy atom. The first-order valence-corrected chi connectivity index (χ1v) is 7.94. The summed E-state index contributed by atoms with van der Waals surface area (Å²) in [6, 6.07) is 8.03. The third-order valence-corrected chi connectivity index (χ3v) is 4.51. The number of thiocarbonyl (C=S) groups is 1. The van der Waals surface area contributed by atoms with E-state index in [4.69, 9.17) is 12.2 Å². The van der Waals surface area contributed by atoms with Crippen molar-refractivity contribution >= 4 is 46.0 Å². The molecule has 1 aliphatic heterocycles. The molecular weight excluding hydrogens is 357 g/mol. The van der Waals surface area contributed by atoms with Gasteiger partial charge in [0.25, 0.3) is 5.91 Å². The van der Waals surface area contributed by atoms with E-state index in [9.17, 15) is 18.0 Å². The van der Waals surface area contributed by atoms with Gasteiger partial charge in [-0.15, -0.1) is 0 Å². The number of carbonyl (C=O) groups is 1. The molecule has 1 fully saturated rings. The summed E-state index contributed by atoms with van der Waals surface area (Å²) in [4.78, 5) is 17.9. The second-order valence-electron chi connectivity index (χ2n) is 4.85. The van der Waals surface area contributed by atoms with Crippen LogP contribution < -0.4 is 4.90 Å².